The largest absolute Gasteiger partial charge is 0.394 e. The summed E-state index contributed by atoms with van der Waals surface area (Å²) >= 11 is 5.72. The zero-order valence-corrected chi connectivity index (χ0v) is 22.5. The number of anilines is 1. The highest BCUT2D eigenvalue weighted by molar-refractivity contribution is 7.90. The fourth-order valence-electron chi connectivity index (χ4n) is 3.27. The van der Waals surface area contributed by atoms with Gasteiger partial charge >= 0.3 is 10.4 Å². The molecule has 0 aliphatic carbocycles. The van der Waals surface area contributed by atoms with E-state index in [1.165, 1.54) is 51.3 Å². The highest BCUT2D eigenvalue weighted by atomic mass is 35.5. The normalized spacial score (nSPS) is 17.9. The quantitative estimate of drug-likeness (QED) is 0.133. The van der Waals surface area contributed by atoms with Gasteiger partial charge in [0.15, 0.2) is 5.96 Å². The summed E-state index contributed by atoms with van der Waals surface area (Å²) in [6.07, 6.45) is 6.79. The molecule has 0 spiro atoms. The van der Waals surface area contributed by atoms with Crippen LogP contribution in [0.1, 0.15) is 32.1 Å². The molecule has 15 nitrogen and oxygen atoms in total. The predicted octanol–water partition coefficient (Wildman–Crippen LogP) is -0.478. The minimum absolute atomic E-state index is 0.0143. The monoisotopic (exact) mass is 593 g/mol. The SMILES string of the molecule is NC(N)=NCCN1CCCCCCC1.NS(=O)(=O)c1cc2c(cc1Cl)NCNS2(=O)=O.O=S(=O)(O)O. The zero-order valence-electron chi connectivity index (χ0n) is 19.3. The standard InChI is InChI=1S/C10H22N4.C7H8ClN3O4S2.H2O4S/c11-10(12)13-6-9-14-7-4-2-1-3-5-8-14;8-4-1-5-7(2-6(4)16(9,12)13)17(14,15)11-3-10-5;1-5(2,3)4/h1-9H2,(H4,11,12,13);1-2,10-11H,3H2,(H2,9,12,13);(H2,1,2,3,4). The van der Waals surface area contributed by atoms with E-state index in [1.807, 2.05) is 0 Å². The number of hydrogen-bond acceptors (Lipinski definition) is 9. The van der Waals surface area contributed by atoms with Gasteiger partial charge in [0.05, 0.1) is 23.9 Å². The molecule has 0 bridgehead atoms. The molecule has 2 aliphatic rings. The van der Waals surface area contributed by atoms with Gasteiger partial charge in [0.1, 0.15) is 9.79 Å². The van der Waals surface area contributed by atoms with Crippen molar-refractivity contribution in [2.24, 2.45) is 21.6 Å². The molecule has 1 aromatic carbocycles. The number of hydrogen-bond donors (Lipinski definition) is 7. The Balaban J connectivity index is 0.000000308. The van der Waals surface area contributed by atoms with Crippen LogP contribution >= 0.6 is 11.6 Å². The maximum atomic E-state index is 11.6. The third kappa shape index (κ3) is 13.0. The number of halogens is 1. The van der Waals surface area contributed by atoms with Gasteiger partial charge in [-0.2, -0.15) is 13.1 Å². The molecular formula is C17H32ClN7O8S3. The van der Waals surface area contributed by atoms with E-state index in [0.717, 1.165) is 19.2 Å². The van der Waals surface area contributed by atoms with Crippen LogP contribution in [0.25, 0.3) is 0 Å². The molecule has 1 fully saturated rings. The van der Waals surface area contributed by atoms with Crippen LogP contribution in [-0.2, 0) is 30.4 Å². The molecule has 0 aromatic heterocycles. The van der Waals surface area contributed by atoms with Crippen LogP contribution in [0, 0.1) is 0 Å². The van der Waals surface area contributed by atoms with Crippen LogP contribution in [0.4, 0.5) is 5.69 Å². The molecule has 0 saturated carbocycles. The van der Waals surface area contributed by atoms with Crippen LogP contribution < -0.4 is 26.6 Å². The van der Waals surface area contributed by atoms with Crippen molar-refractivity contribution in [3.8, 4) is 0 Å². The number of guanidine groups is 1. The number of nitrogens with zero attached hydrogens (tertiary/aromatic N) is 2. The number of fused-ring (bicyclic) bond motifs is 1. The average Bonchev–Trinajstić information content (AvgIpc) is 2.67. The first-order valence-electron chi connectivity index (χ1n) is 10.6. The summed E-state index contributed by atoms with van der Waals surface area (Å²) in [5.41, 5.74) is 10.8. The lowest BCUT2D eigenvalue weighted by Crippen LogP contribution is -2.34. The van der Waals surface area contributed by atoms with Crippen molar-refractivity contribution in [2.75, 3.05) is 38.2 Å². The van der Waals surface area contributed by atoms with E-state index in [1.54, 1.807) is 0 Å². The number of nitrogens with one attached hydrogen (secondary N) is 2. The molecule has 0 atom stereocenters. The van der Waals surface area contributed by atoms with Gasteiger partial charge in [-0.05, 0) is 38.1 Å². The van der Waals surface area contributed by atoms with Crippen molar-refractivity contribution < 1.29 is 34.4 Å². The third-order valence-corrected chi connectivity index (χ3v) is 7.65. The first-order chi connectivity index (χ1) is 16.5. The molecule has 2 heterocycles. The fourth-order valence-corrected chi connectivity index (χ4v) is 5.56. The van der Waals surface area contributed by atoms with E-state index < -0.39 is 35.3 Å². The van der Waals surface area contributed by atoms with Crippen molar-refractivity contribution in [1.29, 1.82) is 0 Å². The van der Waals surface area contributed by atoms with E-state index in [4.69, 9.17) is 45.7 Å². The van der Waals surface area contributed by atoms with Crippen molar-refractivity contribution in [3.05, 3.63) is 17.2 Å². The molecule has 19 heteroatoms. The molecule has 208 valence electrons. The van der Waals surface area contributed by atoms with Crippen molar-refractivity contribution in [2.45, 2.75) is 41.9 Å². The maximum absolute atomic E-state index is 11.6. The van der Waals surface area contributed by atoms with Crippen LogP contribution in [-0.4, -0.2) is 78.1 Å². The Kier molecular flexibility index (Phi) is 12.8. The minimum atomic E-state index is -4.67. The number of primary sulfonamides is 1. The number of likely N-dealkylation sites (tertiary alicyclic amines) is 1. The van der Waals surface area contributed by atoms with Gasteiger partial charge in [-0.1, -0.05) is 30.9 Å². The second-order valence-electron chi connectivity index (χ2n) is 7.69. The van der Waals surface area contributed by atoms with Crippen molar-refractivity contribution in [3.63, 3.8) is 0 Å². The van der Waals surface area contributed by atoms with Crippen LogP contribution in [0.15, 0.2) is 26.9 Å². The van der Waals surface area contributed by atoms with Gasteiger partial charge in [0, 0.05) is 6.54 Å². The summed E-state index contributed by atoms with van der Waals surface area (Å²) in [5, 5.41) is 7.53. The second-order valence-corrected chi connectivity index (χ2v) is 12.3. The molecule has 10 N–H and O–H groups in total. The van der Waals surface area contributed by atoms with Gasteiger partial charge in [-0.15, -0.1) is 0 Å². The van der Waals surface area contributed by atoms with Gasteiger partial charge in [0.25, 0.3) is 0 Å². The fraction of sp³-hybridized carbons (Fsp3) is 0.588. The average molecular weight is 594 g/mol. The Morgan fingerprint density at radius 3 is 2.08 bits per heavy atom. The Morgan fingerprint density at radius 2 is 1.58 bits per heavy atom. The smallest absolute Gasteiger partial charge is 0.370 e. The summed E-state index contributed by atoms with van der Waals surface area (Å²) in [5.74, 6) is 0.206. The Labute approximate surface area is 216 Å². The van der Waals surface area contributed by atoms with E-state index in [9.17, 15) is 16.8 Å². The highest BCUT2D eigenvalue weighted by Gasteiger charge is 2.27. The molecule has 3 rings (SSSR count). The number of nitrogens with two attached hydrogens (primary N) is 3. The van der Waals surface area contributed by atoms with Gasteiger partial charge < -0.3 is 21.7 Å². The van der Waals surface area contributed by atoms with Crippen LogP contribution in [0.5, 0.6) is 0 Å². The number of rotatable bonds is 4. The Bertz CT molecular complexity index is 1200. The molecule has 0 radical (unpaired) electrons. The first-order valence-corrected chi connectivity index (χ1v) is 15.4. The van der Waals surface area contributed by atoms with Crippen LogP contribution in [0.3, 0.4) is 0 Å². The van der Waals surface area contributed by atoms with E-state index in [2.05, 4.69) is 19.9 Å². The molecule has 0 amide bonds. The lowest BCUT2D eigenvalue weighted by Gasteiger charge is -2.23. The Hall–Kier alpha value is -1.77. The predicted molar refractivity (Wildman–Crippen MR) is 136 cm³/mol. The lowest BCUT2D eigenvalue weighted by atomic mass is 10.1. The molecule has 1 aromatic rings. The molecule has 2 aliphatic heterocycles. The van der Waals surface area contributed by atoms with E-state index in [0.29, 0.717) is 0 Å². The van der Waals surface area contributed by atoms with Gasteiger partial charge in [0.2, 0.25) is 20.0 Å². The number of benzene rings is 1. The van der Waals surface area contributed by atoms with Crippen molar-refractivity contribution >= 4 is 53.7 Å². The molecule has 1 saturated heterocycles. The summed E-state index contributed by atoms with van der Waals surface area (Å²) in [6, 6.07) is 2.15. The maximum Gasteiger partial charge on any atom is 0.394 e. The summed E-state index contributed by atoms with van der Waals surface area (Å²) in [7, 11) is -12.5. The summed E-state index contributed by atoms with van der Waals surface area (Å²) in [6.45, 7) is 4.17. The second kappa shape index (κ2) is 14.2. The molecule has 0 unspecified atom stereocenters. The zero-order chi connectivity index (χ0) is 27.6. The van der Waals surface area contributed by atoms with Crippen LogP contribution in [0.2, 0.25) is 5.02 Å². The van der Waals surface area contributed by atoms with Gasteiger partial charge in [-0.3, -0.25) is 14.1 Å². The lowest BCUT2D eigenvalue weighted by molar-refractivity contribution is 0.254. The topological polar surface area (TPSA) is 261 Å². The minimum Gasteiger partial charge on any atom is -0.370 e. The van der Waals surface area contributed by atoms with Gasteiger partial charge in [-0.25, -0.2) is 22.0 Å². The van der Waals surface area contributed by atoms with Crippen molar-refractivity contribution in [1.82, 2.24) is 9.62 Å². The van der Waals surface area contributed by atoms with E-state index in [-0.39, 0.29) is 28.2 Å². The number of sulfonamides is 2. The Morgan fingerprint density at radius 1 is 1.06 bits per heavy atom. The summed E-state index contributed by atoms with van der Waals surface area (Å²) < 4.78 is 79.5. The third-order valence-electron chi connectivity index (χ3n) is 4.83. The first kappa shape index (κ1) is 32.3. The number of aliphatic imine (C=N–C) groups is 1. The highest BCUT2D eigenvalue weighted by Crippen LogP contribution is 2.32. The molecule has 36 heavy (non-hydrogen) atoms. The van der Waals surface area contributed by atoms with E-state index >= 15 is 0 Å². The summed E-state index contributed by atoms with van der Waals surface area (Å²) in [4.78, 5) is 5.85. The molecular weight excluding hydrogens is 562 g/mol.